The highest BCUT2D eigenvalue weighted by Gasteiger charge is 2.26. The largest absolute Gasteiger partial charge is 0.349 e. The van der Waals surface area contributed by atoms with Crippen LogP contribution in [0.25, 0.3) is 5.69 Å². The number of hydrogen-bond acceptors (Lipinski definition) is 3. The highest BCUT2D eigenvalue weighted by atomic mass is 16.1. The third-order valence-corrected chi connectivity index (χ3v) is 6.00. The minimum atomic E-state index is 0.0349. The van der Waals surface area contributed by atoms with Gasteiger partial charge in [-0.1, -0.05) is 32.9 Å². The van der Waals surface area contributed by atoms with Crippen LogP contribution in [0.2, 0.25) is 0 Å². The summed E-state index contributed by atoms with van der Waals surface area (Å²) in [5.41, 5.74) is 4.87. The number of fused-ring (bicyclic) bond motifs is 1. The molecule has 0 saturated carbocycles. The van der Waals surface area contributed by atoms with Crippen molar-refractivity contribution < 1.29 is 4.79 Å². The minimum Gasteiger partial charge on any atom is -0.349 e. The lowest BCUT2D eigenvalue weighted by Gasteiger charge is -2.24. The molecule has 3 aromatic rings. The molecule has 1 aromatic carbocycles. The monoisotopic (exact) mass is 405 g/mol. The maximum absolute atomic E-state index is 12.6. The second-order valence-electron chi connectivity index (χ2n) is 9.19. The average Bonchev–Trinajstić information content (AvgIpc) is 3.32. The van der Waals surface area contributed by atoms with Gasteiger partial charge in [0.1, 0.15) is 5.82 Å². The number of nitrogens with one attached hydrogen (secondary N) is 1. The molecule has 2 aromatic heterocycles. The Morgan fingerprint density at radius 3 is 2.67 bits per heavy atom. The van der Waals surface area contributed by atoms with Gasteiger partial charge in [-0.3, -0.25) is 4.79 Å². The Kier molecular flexibility index (Phi) is 5.50. The van der Waals surface area contributed by atoms with Crippen molar-refractivity contribution in [1.29, 1.82) is 0 Å². The van der Waals surface area contributed by atoms with Crippen molar-refractivity contribution in [1.82, 2.24) is 24.6 Å². The van der Waals surface area contributed by atoms with Crippen molar-refractivity contribution in [3.05, 3.63) is 65.5 Å². The average molecular weight is 406 g/mol. The second kappa shape index (κ2) is 8.09. The predicted octanol–water partition coefficient (Wildman–Crippen LogP) is 4.26. The molecule has 2 heterocycles. The van der Waals surface area contributed by atoms with E-state index >= 15 is 0 Å². The van der Waals surface area contributed by atoms with Crippen LogP contribution in [-0.4, -0.2) is 25.2 Å². The number of imidazole rings is 1. The number of amides is 1. The maximum Gasteiger partial charge on any atom is 0.222 e. The van der Waals surface area contributed by atoms with Crippen molar-refractivity contribution in [2.75, 3.05) is 0 Å². The molecule has 1 N–H and O–H groups in total. The van der Waals surface area contributed by atoms with Crippen LogP contribution in [0.5, 0.6) is 0 Å². The highest BCUT2D eigenvalue weighted by Crippen LogP contribution is 2.31. The van der Waals surface area contributed by atoms with E-state index in [0.29, 0.717) is 13.0 Å². The zero-order chi connectivity index (χ0) is 21.3. The van der Waals surface area contributed by atoms with E-state index in [1.165, 1.54) is 11.3 Å². The Balaban J connectivity index is 1.47. The van der Waals surface area contributed by atoms with Gasteiger partial charge in [-0.05, 0) is 49.3 Å². The molecule has 0 radical (unpaired) electrons. The Labute approximate surface area is 178 Å². The van der Waals surface area contributed by atoms with Crippen LogP contribution in [-0.2, 0) is 23.2 Å². The van der Waals surface area contributed by atoms with Gasteiger partial charge in [-0.15, -0.1) is 0 Å². The molecule has 0 fully saturated rings. The summed E-state index contributed by atoms with van der Waals surface area (Å²) in [4.78, 5) is 16.8. The van der Waals surface area contributed by atoms with Crippen LogP contribution in [0.4, 0.5) is 0 Å². The normalized spacial score (nSPS) is 16.3. The van der Waals surface area contributed by atoms with E-state index < -0.39 is 0 Å². The summed E-state index contributed by atoms with van der Waals surface area (Å²) in [6, 6.07) is 8.69. The molecular formula is C24H31N5O. The lowest BCUT2D eigenvalue weighted by atomic mass is 9.87. The number of hydrogen-bond donors (Lipinski definition) is 1. The first-order chi connectivity index (χ1) is 14.3. The fraction of sp³-hybridized carbons (Fsp3) is 0.458. The molecule has 30 heavy (non-hydrogen) atoms. The Hall–Kier alpha value is -2.89. The number of nitrogens with zero attached hydrogens (tertiary/aromatic N) is 4. The van der Waals surface area contributed by atoms with Crippen LogP contribution in [0, 0.1) is 6.92 Å². The zero-order valence-electron chi connectivity index (χ0n) is 18.4. The smallest absolute Gasteiger partial charge is 0.222 e. The van der Waals surface area contributed by atoms with Gasteiger partial charge in [-0.2, -0.15) is 5.10 Å². The quantitative estimate of drug-likeness (QED) is 0.690. The van der Waals surface area contributed by atoms with Crippen LogP contribution < -0.4 is 5.32 Å². The zero-order valence-corrected chi connectivity index (χ0v) is 18.4. The lowest BCUT2D eigenvalue weighted by Crippen LogP contribution is -2.31. The van der Waals surface area contributed by atoms with Crippen LogP contribution in [0.15, 0.2) is 42.9 Å². The summed E-state index contributed by atoms with van der Waals surface area (Å²) in [6.07, 6.45) is 9.04. The van der Waals surface area contributed by atoms with E-state index in [0.717, 1.165) is 36.3 Å². The predicted molar refractivity (Wildman–Crippen MR) is 118 cm³/mol. The summed E-state index contributed by atoms with van der Waals surface area (Å²) in [6.45, 7) is 9.27. The van der Waals surface area contributed by atoms with Gasteiger partial charge in [0, 0.05) is 36.6 Å². The topological polar surface area (TPSA) is 64.7 Å². The van der Waals surface area contributed by atoms with Gasteiger partial charge in [0.25, 0.3) is 0 Å². The molecule has 1 amide bonds. The molecule has 1 atom stereocenters. The molecule has 4 rings (SSSR count). The minimum absolute atomic E-state index is 0.0349. The van der Waals surface area contributed by atoms with Gasteiger partial charge in [0.05, 0.1) is 17.9 Å². The first-order valence-electron chi connectivity index (χ1n) is 10.8. The fourth-order valence-electron chi connectivity index (χ4n) is 4.16. The molecule has 0 aliphatic heterocycles. The molecule has 158 valence electrons. The number of aromatic nitrogens is 4. The third-order valence-electron chi connectivity index (χ3n) is 6.00. The maximum atomic E-state index is 12.6. The van der Waals surface area contributed by atoms with Crippen LogP contribution in [0.3, 0.4) is 0 Å². The van der Waals surface area contributed by atoms with E-state index in [1.54, 1.807) is 6.20 Å². The third kappa shape index (κ3) is 4.18. The van der Waals surface area contributed by atoms with Crippen molar-refractivity contribution >= 4 is 5.91 Å². The standard InChI is InChI=1S/C24H31N5O/c1-17-25-13-15-28(17)14-12-23(30)27-21-6-5-7-22-20(21)16-26-29(22)19-10-8-18(9-11-19)24(2,3)4/h8-11,13,15-16,21H,5-7,12,14H2,1-4H3,(H,27,30)/t21-/m0/s1. The molecular weight excluding hydrogens is 374 g/mol. The summed E-state index contributed by atoms with van der Waals surface area (Å²) in [7, 11) is 0. The van der Waals surface area contributed by atoms with Crippen LogP contribution in [0.1, 0.15) is 68.7 Å². The van der Waals surface area contributed by atoms with Gasteiger partial charge < -0.3 is 9.88 Å². The molecule has 6 nitrogen and oxygen atoms in total. The second-order valence-corrected chi connectivity index (χ2v) is 9.19. The van der Waals surface area contributed by atoms with Crippen molar-refractivity contribution in [3.8, 4) is 5.69 Å². The van der Waals surface area contributed by atoms with Crippen LogP contribution >= 0.6 is 0 Å². The van der Waals surface area contributed by atoms with E-state index in [4.69, 9.17) is 0 Å². The van der Waals surface area contributed by atoms with E-state index in [-0.39, 0.29) is 17.4 Å². The van der Waals surface area contributed by atoms with E-state index in [9.17, 15) is 4.79 Å². The molecule has 0 saturated heterocycles. The SMILES string of the molecule is Cc1nccn1CCC(=O)N[C@H]1CCCc2c1cnn2-c1ccc(C(C)(C)C)cc1. The molecule has 1 aliphatic rings. The summed E-state index contributed by atoms with van der Waals surface area (Å²) >= 11 is 0. The van der Waals surface area contributed by atoms with Crippen molar-refractivity contribution in [3.63, 3.8) is 0 Å². The number of rotatable bonds is 5. The van der Waals surface area contributed by atoms with E-state index in [1.807, 2.05) is 28.6 Å². The highest BCUT2D eigenvalue weighted by molar-refractivity contribution is 5.76. The number of carbonyl (C=O) groups excluding carboxylic acids is 1. The van der Waals surface area contributed by atoms with Crippen molar-refractivity contribution in [2.24, 2.45) is 0 Å². The van der Waals surface area contributed by atoms with Gasteiger partial charge in [0.15, 0.2) is 0 Å². The van der Waals surface area contributed by atoms with Crippen molar-refractivity contribution in [2.45, 2.75) is 71.4 Å². The molecule has 0 unspecified atom stereocenters. The Bertz CT molecular complexity index is 1020. The van der Waals surface area contributed by atoms with Gasteiger partial charge in [-0.25, -0.2) is 9.67 Å². The molecule has 0 spiro atoms. The molecule has 6 heteroatoms. The summed E-state index contributed by atoms with van der Waals surface area (Å²) in [5.74, 6) is 1.00. The van der Waals surface area contributed by atoms with E-state index in [2.05, 4.69) is 60.4 Å². The summed E-state index contributed by atoms with van der Waals surface area (Å²) < 4.78 is 4.04. The molecule has 1 aliphatic carbocycles. The first-order valence-corrected chi connectivity index (χ1v) is 10.8. The van der Waals surface area contributed by atoms with Gasteiger partial charge >= 0.3 is 0 Å². The first kappa shape index (κ1) is 20.4. The fourth-order valence-corrected chi connectivity index (χ4v) is 4.16. The number of benzene rings is 1. The summed E-state index contributed by atoms with van der Waals surface area (Å²) in [5, 5.41) is 7.89. The number of carbonyl (C=O) groups is 1. The van der Waals surface area contributed by atoms with Gasteiger partial charge in [0.2, 0.25) is 5.91 Å². The molecule has 0 bridgehead atoms. The number of aryl methyl sites for hydroxylation is 2. The Morgan fingerprint density at radius 2 is 2.00 bits per heavy atom. The Morgan fingerprint density at radius 1 is 1.23 bits per heavy atom. The lowest BCUT2D eigenvalue weighted by molar-refractivity contribution is -0.122.